The van der Waals surface area contributed by atoms with Crippen molar-refractivity contribution in [3.63, 3.8) is 0 Å². The lowest BCUT2D eigenvalue weighted by Crippen LogP contribution is -2.41. The number of primary amides is 1. The fourth-order valence-corrected chi connectivity index (χ4v) is 2.69. The van der Waals surface area contributed by atoms with Gasteiger partial charge in [-0.1, -0.05) is 0 Å². The molecule has 3 N–H and O–H groups in total. The molecule has 0 bridgehead atoms. The van der Waals surface area contributed by atoms with Gasteiger partial charge in [0, 0.05) is 36.3 Å². The number of amides is 2. The van der Waals surface area contributed by atoms with Gasteiger partial charge in [0.1, 0.15) is 0 Å². The fraction of sp³-hybridized carbons (Fsp3) is 0.467. The standard InChI is InChI=1S/C15H19N3O3/c16-14(19)10-1-3-11(4-2-10)15(20)17-12-9-13(12)18-5-7-21-8-6-18/h1-4,12-13H,5-9H2,(H2,16,19)(H,17,20)/t12-,13+/m1/s1. The van der Waals surface area contributed by atoms with Gasteiger partial charge in [0.05, 0.1) is 13.2 Å². The number of carbonyl (C=O) groups is 2. The van der Waals surface area contributed by atoms with Crippen LogP contribution in [0.3, 0.4) is 0 Å². The van der Waals surface area contributed by atoms with E-state index in [1.54, 1.807) is 24.3 Å². The first-order valence-corrected chi connectivity index (χ1v) is 7.17. The Labute approximate surface area is 123 Å². The summed E-state index contributed by atoms with van der Waals surface area (Å²) in [6.45, 7) is 3.41. The maximum absolute atomic E-state index is 12.1. The first kappa shape index (κ1) is 14.0. The molecule has 1 saturated heterocycles. The summed E-state index contributed by atoms with van der Waals surface area (Å²) in [5.74, 6) is -0.594. The van der Waals surface area contributed by atoms with E-state index in [0.29, 0.717) is 17.2 Å². The third-order valence-corrected chi connectivity index (χ3v) is 4.02. The highest BCUT2D eigenvalue weighted by molar-refractivity contribution is 5.97. The molecular weight excluding hydrogens is 270 g/mol. The van der Waals surface area contributed by atoms with Crippen molar-refractivity contribution in [1.29, 1.82) is 0 Å². The Bertz CT molecular complexity index is 538. The number of morpholine rings is 1. The summed E-state index contributed by atoms with van der Waals surface area (Å²) < 4.78 is 5.33. The van der Waals surface area contributed by atoms with Crippen LogP contribution in [-0.4, -0.2) is 55.1 Å². The summed E-state index contributed by atoms with van der Waals surface area (Å²) in [5.41, 5.74) is 6.13. The normalized spacial score (nSPS) is 25.3. The van der Waals surface area contributed by atoms with Gasteiger partial charge in [0.2, 0.25) is 5.91 Å². The summed E-state index contributed by atoms with van der Waals surface area (Å²) in [5, 5.41) is 3.03. The Morgan fingerprint density at radius 3 is 2.38 bits per heavy atom. The highest BCUT2D eigenvalue weighted by Crippen LogP contribution is 2.28. The Hall–Kier alpha value is -1.92. The van der Waals surface area contributed by atoms with Gasteiger partial charge in [-0.2, -0.15) is 0 Å². The van der Waals surface area contributed by atoms with Crippen LogP contribution in [0, 0.1) is 0 Å². The number of nitrogens with one attached hydrogen (secondary N) is 1. The van der Waals surface area contributed by atoms with E-state index in [2.05, 4.69) is 10.2 Å². The number of hydrogen-bond acceptors (Lipinski definition) is 4. The maximum atomic E-state index is 12.1. The Balaban J connectivity index is 1.54. The zero-order chi connectivity index (χ0) is 14.8. The molecule has 0 aromatic heterocycles. The number of carbonyl (C=O) groups excluding carboxylic acids is 2. The van der Waals surface area contributed by atoms with Crippen LogP contribution < -0.4 is 11.1 Å². The highest BCUT2D eigenvalue weighted by Gasteiger charge is 2.43. The maximum Gasteiger partial charge on any atom is 0.251 e. The average Bonchev–Trinajstić information content (AvgIpc) is 3.27. The van der Waals surface area contributed by atoms with Gasteiger partial charge in [0.15, 0.2) is 0 Å². The highest BCUT2D eigenvalue weighted by atomic mass is 16.5. The van der Waals surface area contributed by atoms with Crippen LogP contribution in [0.4, 0.5) is 0 Å². The van der Waals surface area contributed by atoms with E-state index in [0.717, 1.165) is 32.7 Å². The number of nitrogens with zero attached hydrogens (tertiary/aromatic N) is 1. The number of ether oxygens (including phenoxy) is 1. The van der Waals surface area contributed by atoms with Crippen molar-refractivity contribution in [2.24, 2.45) is 5.73 Å². The molecule has 3 rings (SSSR count). The van der Waals surface area contributed by atoms with Crippen molar-refractivity contribution in [2.75, 3.05) is 26.3 Å². The summed E-state index contributed by atoms with van der Waals surface area (Å²) in [7, 11) is 0. The van der Waals surface area contributed by atoms with E-state index in [9.17, 15) is 9.59 Å². The van der Waals surface area contributed by atoms with Crippen molar-refractivity contribution >= 4 is 11.8 Å². The van der Waals surface area contributed by atoms with E-state index < -0.39 is 5.91 Å². The number of nitrogens with two attached hydrogens (primary N) is 1. The molecule has 1 saturated carbocycles. The van der Waals surface area contributed by atoms with Crippen molar-refractivity contribution in [3.05, 3.63) is 35.4 Å². The third-order valence-electron chi connectivity index (χ3n) is 4.02. The van der Waals surface area contributed by atoms with E-state index in [1.165, 1.54) is 0 Å². The van der Waals surface area contributed by atoms with Crippen molar-refractivity contribution in [2.45, 2.75) is 18.5 Å². The van der Waals surface area contributed by atoms with Gasteiger partial charge >= 0.3 is 0 Å². The predicted molar refractivity (Wildman–Crippen MR) is 77.0 cm³/mol. The number of hydrogen-bond donors (Lipinski definition) is 2. The molecule has 2 amide bonds. The first-order chi connectivity index (χ1) is 10.1. The van der Waals surface area contributed by atoms with Crippen LogP contribution in [0.25, 0.3) is 0 Å². The summed E-state index contributed by atoms with van der Waals surface area (Å²) >= 11 is 0. The van der Waals surface area contributed by atoms with Crippen LogP contribution in [0.5, 0.6) is 0 Å². The number of rotatable bonds is 4. The van der Waals surface area contributed by atoms with Gasteiger partial charge in [-0.05, 0) is 30.7 Å². The van der Waals surface area contributed by atoms with E-state index in [4.69, 9.17) is 10.5 Å². The van der Waals surface area contributed by atoms with E-state index in [-0.39, 0.29) is 11.9 Å². The molecule has 1 aromatic rings. The molecular formula is C15H19N3O3. The second kappa shape index (κ2) is 5.83. The SMILES string of the molecule is NC(=O)c1ccc(C(=O)N[C@@H]2C[C@@H]2N2CCOCC2)cc1. The Morgan fingerprint density at radius 2 is 1.76 bits per heavy atom. The summed E-state index contributed by atoms with van der Waals surface area (Å²) in [6, 6.07) is 7.05. The molecule has 1 heterocycles. The molecule has 2 atom stereocenters. The molecule has 1 aromatic carbocycles. The van der Waals surface area contributed by atoms with Crippen molar-refractivity contribution in [3.8, 4) is 0 Å². The molecule has 2 fully saturated rings. The molecule has 1 aliphatic heterocycles. The van der Waals surface area contributed by atoms with Crippen LogP contribution in [0.1, 0.15) is 27.1 Å². The van der Waals surface area contributed by atoms with E-state index >= 15 is 0 Å². The molecule has 2 aliphatic rings. The minimum atomic E-state index is -0.489. The number of benzene rings is 1. The fourth-order valence-electron chi connectivity index (χ4n) is 2.69. The second-order valence-corrected chi connectivity index (χ2v) is 5.47. The Kier molecular flexibility index (Phi) is 3.90. The molecule has 0 radical (unpaired) electrons. The van der Waals surface area contributed by atoms with Gasteiger partial charge in [-0.15, -0.1) is 0 Å². The van der Waals surface area contributed by atoms with Crippen LogP contribution in [-0.2, 0) is 4.74 Å². The van der Waals surface area contributed by atoms with Gasteiger partial charge in [-0.25, -0.2) is 0 Å². The van der Waals surface area contributed by atoms with Gasteiger partial charge in [-0.3, -0.25) is 14.5 Å². The monoisotopic (exact) mass is 289 g/mol. The van der Waals surface area contributed by atoms with Gasteiger partial charge in [0.25, 0.3) is 5.91 Å². The second-order valence-electron chi connectivity index (χ2n) is 5.47. The van der Waals surface area contributed by atoms with Crippen LogP contribution >= 0.6 is 0 Å². The largest absolute Gasteiger partial charge is 0.379 e. The summed E-state index contributed by atoms with van der Waals surface area (Å²) in [4.78, 5) is 25.5. The molecule has 1 aliphatic carbocycles. The van der Waals surface area contributed by atoms with Crippen molar-refractivity contribution in [1.82, 2.24) is 10.2 Å². The topological polar surface area (TPSA) is 84.7 Å². The minimum absolute atomic E-state index is 0.105. The Morgan fingerprint density at radius 1 is 1.14 bits per heavy atom. The smallest absolute Gasteiger partial charge is 0.251 e. The van der Waals surface area contributed by atoms with Crippen LogP contribution in [0.2, 0.25) is 0 Å². The minimum Gasteiger partial charge on any atom is -0.379 e. The molecule has 0 unspecified atom stereocenters. The lowest BCUT2D eigenvalue weighted by molar-refractivity contribution is 0.0325. The average molecular weight is 289 g/mol. The molecule has 112 valence electrons. The molecule has 6 heteroatoms. The first-order valence-electron chi connectivity index (χ1n) is 7.17. The molecule has 0 spiro atoms. The zero-order valence-corrected chi connectivity index (χ0v) is 11.7. The predicted octanol–water partition coefficient (Wildman–Crippen LogP) is -0.0116. The quantitative estimate of drug-likeness (QED) is 0.816. The van der Waals surface area contributed by atoms with E-state index in [1.807, 2.05) is 0 Å². The van der Waals surface area contributed by atoms with Crippen molar-refractivity contribution < 1.29 is 14.3 Å². The third kappa shape index (κ3) is 3.22. The van der Waals surface area contributed by atoms with Crippen LogP contribution in [0.15, 0.2) is 24.3 Å². The molecule has 6 nitrogen and oxygen atoms in total. The zero-order valence-electron chi connectivity index (χ0n) is 11.7. The van der Waals surface area contributed by atoms with Gasteiger partial charge < -0.3 is 15.8 Å². The lowest BCUT2D eigenvalue weighted by atomic mass is 10.1. The summed E-state index contributed by atoms with van der Waals surface area (Å²) in [6.07, 6.45) is 0.991. The molecule has 21 heavy (non-hydrogen) atoms. The lowest BCUT2D eigenvalue weighted by Gasteiger charge is -2.26.